The third-order valence-corrected chi connectivity index (χ3v) is 6.37. The number of carbonyl (C=O) groups is 2. The van der Waals surface area contributed by atoms with Crippen LogP contribution in [-0.4, -0.2) is 58.5 Å². The molecule has 2 aliphatic heterocycles. The van der Waals surface area contributed by atoms with Crippen LogP contribution >= 0.6 is 0 Å². The molecule has 2 fully saturated rings. The quantitative estimate of drug-likeness (QED) is 0.520. The number of hydrogen-bond donors (Lipinski definition) is 3. The molecule has 0 radical (unpaired) electrons. The van der Waals surface area contributed by atoms with Gasteiger partial charge in [0.15, 0.2) is 0 Å². The van der Waals surface area contributed by atoms with Crippen molar-refractivity contribution in [1.29, 1.82) is 0 Å². The highest BCUT2D eigenvalue weighted by atomic mass is 16.5. The summed E-state index contributed by atoms with van der Waals surface area (Å²) in [5.41, 5.74) is 2.46. The molecule has 0 spiro atoms. The van der Waals surface area contributed by atoms with Gasteiger partial charge in [-0.1, -0.05) is 0 Å². The minimum atomic E-state index is -0.440. The van der Waals surface area contributed by atoms with Crippen molar-refractivity contribution in [1.82, 2.24) is 5.32 Å². The summed E-state index contributed by atoms with van der Waals surface area (Å²) in [6.07, 6.45) is 5.43. The van der Waals surface area contributed by atoms with Crippen LogP contribution in [0.3, 0.4) is 0 Å². The van der Waals surface area contributed by atoms with E-state index < -0.39 is 6.03 Å². The van der Waals surface area contributed by atoms with Crippen LogP contribution in [-0.2, 0) is 4.74 Å². The molecule has 3 amide bonds. The highest BCUT2D eigenvalue weighted by molar-refractivity contribution is 6.04. The molecule has 4 rings (SSSR count). The Hall–Kier alpha value is -3.46. The van der Waals surface area contributed by atoms with Gasteiger partial charge in [-0.2, -0.15) is 0 Å². The second kappa shape index (κ2) is 11.8. The number of hydrogen-bond acceptors (Lipinski definition) is 6. The first-order valence-electron chi connectivity index (χ1n) is 12.2. The van der Waals surface area contributed by atoms with Crippen LogP contribution in [0.5, 0.6) is 11.5 Å². The number of amides is 3. The van der Waals surface area contributed by atoms with Gasteiger partial charge in [-0.25, -0.2) is 4.79 Å². The molecule has 0 bridgehead atoms. The number of nitrogens with zero attached hydrogens (tertiary/aromatic N) is 1. The first-order chi connectivity index (χ1) is 17.1. The number of benzene rings is 2. The van der Waals surface area contributed by atoms with Gasteiger partial charge in [0.1, 0.15) is 11.5 Å². The Morgan fingerprint density at radius 2 is 1.83 bits per heavy atom. The maximum atomic E-state index is 13.2. The summed E-state index contributed by atoms with van der Waals surface area (Å²) >= 11 is 0. The lowest BCUT2D eigenvalue weighted by atomic mass is 10.1. The fourth-order valence-corrected chi connectivity index (χ4v) is 4.50. The van der Waals surface area contributed by atoms with Crippen LogP contribution in [0.4, 0.5) is 21.9 Å². The number of piperidine rings is 1. The van der Waals surface area contributed by atoms with E-state index in [-0.39, 0.29) is 12.0 Å². The van der Waals surface area contributed by atoms with Crippen molar-refractivity contribution in [3.8, 4) is 11.5 Å². The number of rotatable bonds is 8. The average molecular weight is 483 g/mol. The third kappa shape index (κ3) is 6.36. The minimum absolute atomic E-state index is 0.0592. The summed E-state index contributed by atoms with van der Waals surface area (Å²) in [4.78, 5) is 28.2. The molecule has 2 aliphatic rings. The zero-order chi connectivity index (χ0) is 24.6. The second-order valence-corrected chi connectivity index (χ2v) is 8.77. The van der Waals surface area contributed by atoms with E-state index in [1.54, 1.807) is 31.4 Å². The maximum Gasteiger partial charge on any atom is 0.323 e. The number of anilines is 3. The first-order valence-corrected chi connectivity index (χ1v) is 12.2. The van der Waals surface area contributed by atoms with E-state index in [1.807, 2.05) is 12.1 Å². The molecule has 2 heterocycles. The molecule has 1 unspecified atom stereocenters. The molecule has 35 heavy (non-hydrogen) atoms. The fourth-order valence-electron chi connectivity index (χ4n) is 4.50. The molecule has 3 N–H and O–H groups in total. The van der Waals surface area contributed by atoms with Crippen LogP contribution in [0.25, 0.3) is 0 Å². The smallest absolute Gasteiger partial charge is 0.323 e. The number of nitrogens with one attached hydrogen (secondary N) is 3. The summed E-state index contributed by atoms with van der Waals surface area (Å²) in [5, 5.41) is 8.64. The lowest BCUT2D eigenvalue weighted by Crippen LogP contribution is -2.35. The molecule has 1 atom stereocenters. The van der Waals surface area contributed by atoms with Gasteiger partial charge in [0.05, 0.1) is 31.6 Å². The zero-order valence-electron chi connectivity index (χ0n) is 20.4. The van der Waals surface area contributed by atoms with Crippen LogP contribution in [0.15, 0.2) is 36.4 Å². The predicted molar refractivity (Wildman–Crippen MR) is 136 cm³/mol. The van der Waals surface area contributed by atoms with Crippen molar-refractivity contribution in [2.24, 2.45) is 0 Å². The topological polar surface area (TPSA) is 101 Å². The van der Waals surface area contributed by atoms with Crippen molar-refractivity contribution < 1.29 is 23.8 Å². The molecular weight excluding hydrogens is 448 g/mol. The Balaban J connectivity index is 1.49. The Morgan fingerprint density at radius 1 is 1.00 bits per heavy atom. The summed E-state index contributed by atoms with van der Waals surface area (Å²) in [6, 6.07) is 10.2. The lowest BCUT2D eigenvalue weighted by molar-refractivity contribution is 0.0858. The SMILES string of the molecule is COc1ccc(NC(=O)Nc2ccc(N3CCCCC3)c(C(=O)NCC3CCCO3)c2)c(OC)c1. The monoisotopic (exact) mass is 482 g/mol. The lowest BCUT2D eigenvalue weighted by Gasteiger charge is -2.30. The molecule has 0 saturated carbocycles. The summed E-state index contributed by atoms with van der Waals surface area (Å²) in [7, 11) is 3.09. The normalized spacial score (nSPS) is 17.5. The van der Waals surface area contributed by atoms with Crippen LogP contribution in [0.1, 0.15) is 42.5 Å². The molecule has 0 aliphatic carbocycles. The van der Waals surface area contributed by atoms with Crippen LogP contribution < -0.4 is 30.3 Å². The Labute approximate surface area is 206 Å². The summed E-state index contributed by atoms with van der Waals surface area (Å²) in [6.45, 7) is 3.05. The van der Waals surface area contributed by atoms with Gasteiger partial charge in [-0.3, -0.25) is 4.79 Å². The van der Waals surface area contributed by atoms with Gasteiger partial charge in [0.25, 0.3) is 5.91 Å². The van der Waals surface area contributed by atoms with E-state index in [0.717, 1.165) is 51.1 Å². The Morgan fingerprint density at radius 3 is 2.54 bits per heavy atom. The van der Waals surface area contributed by atoms with Gasteiger partial charge in [0.2, 0.25) is 0 Å². The average Bonchev–Trinajstić information content (AvgIpc) is 3.41. The van der Waals surface area contributed by atoms with Gasteiger partial charge >= 0.3 is 6.03 Å². The van der Waals surface area contributed by atoms with Crippen LogP contribution in [0, 0.1) is 0 Å². The van der Waals surface area contributed by atoms with Crippen molar-refractivity contribution >= 4 is 29.0 Å². The number of urea groups is 1. The van der Waals surface area contributed by atoms with Gasteiger partial charge in [0, 0.05) is 43.7 Å². The molecule has 0 aromatic heterocycles. The maximum absolute atomic E-state index is 13.2. The number of ether oxygens (including phenoxy) is 3. The predicted octanol–water partition coefficient (Wildman–Crippen LogP) is 4.25. The standard InChI is InChI=1S/C26H34N4O5/c1-33-19-9-10-22(24(16-19)34-2)29-26(32)28-18-8-11-23(30-12-4-3-5-13-30)21(15-18)25(31)27-17-20-7-6-14-35-20/h8-11,15-16,20H,3-7,12-14,17H2,1-2H3,(H,27,31)(H2,28,29,32). The fraction of sp³-hybridized carbons (Fsp3) is 0.462. The summed E-state index contributed by atoms with van der Waals surface area (Å²) in [5.74, 6) is 0.941. The van der Waals surface area contributed by atoms with E-state index in [1.165, 1.54) is 13.5 Å². The highest BCUT2D eigenvalue weighted by Gasteiger charge is 2.22. The van der Waals surface area contributed by atoms with E-state index in [0.29, 0.717) is 35.0 Å². The van der Waals surface area contributed by atoms with Crippen molar-refractivity contribution in [3.05, 3.63) is 42.0 Å². The van der Waals surface area contributed by atoms with Crippen molar-refractivity contribution in [3.63, 3.8) is 0 Å². The Kier molecular flexibility index (Phi) is 8.31. The van der Waals surface area contributed by atoms with E-state index in [2.05, 4.69) is 20.9 Å². The van der Waals surface area contributed by atoms with Gasteiger partial charge in [-0.05, 0) is 62.4 Å². The van der Waals surface area contributed by atoms with E-state index >= 15 is 0 Å². The zero-order valence-corrected chi connectivity index (χ0v) is 20.4. The van der Waals surface area contributed by atoms with E-state index in [9.17, 15) is 9.59 Å². The second-order valence-electron chi connectivity index (χ2n) is 8.77. The summed E-state index contributed by atoms with van der Waals surface area (Å²) < 4.78 is 16.2. The largest absolute Gasteiger partial charge is 0.497 e. The first kappa shape index (κ1) is 24.7. The molecule has 9 nitrogen and oxygen atoms in total. The molecule has 9 heteroatoms. The van der Waals surface area contributed by atoms with Gasteiger partial charge in [-0.15, -0.1) is 0 Å². The molecule has 2 aromatic rings. The highest BCUT2D eigenvalue weighted by Crippen LogP contribution is 2.30. The number of carbonyl (C=O) groups excluding carboxylic acids is 2. The van der Waals surface area contributed by atoms with E-state index in [4.69, 9.17) is 14.2 Å². The van der Waals surface area contributed by atoms with Crippen molar-refractivity contribution in [2.75, 3.05) is 56.0 Å². The third-order valence-electron chi connectivity index (χ3n) is 6.37. The molecule has 188 valence electrons. The van der Waals surface area contributed by atoms with Gasteiger partial charge < -0.3 is 35.1 Å². The Bertz CT molecular complexity index is 1030. The minimum Gasteiger partial charge on any atom is -0.497 e. The molecule has 2 aromatic carbocycles. The van der Waals surface area contributed by atoms with Crippen LogP contribution in [0.2, 0.25) is 0 Å². The molecule has 2 saturated heterocycles. The molecular formula is C26H34N4O5. The number of methoxy groups -OCH3 is 2. The van der Waals surface area contributed by atoms with Crippen molar-refractivity contribution in [2.45, 2.75) is 38.2 Å².